The Morgan fingerprint density at radius 2 is 1.70 bits per heavy atom. The number of carbonyl (C=O) groups is 2. The van der Waals surface area contributed by atoms with E-state index in [4.69, 9.17) is 28.3 Å². The first-order chi connectivity index (χ1) is 9.38. The molecule has 8 heteroatoms. The number of hydrogen-bond acceptors (Lipinski definition) is 3. The van der Waals surface area contributed by atoms with Crippen molar-refractivity contribution in [3.05, 3.63) is 49.9 Å². The van der Waals surface area contributed by atoms with Crippen LogP contribution in [-0.2, 0) is 0 Å². The number of carboxylic acid groups (broad SMARTS) is 1. The maximum absolute atomic E-state index is 13.0. The molecule has 104 valence electrons. The van der Waals surface area contributed by atoms with Gasteiger partial charge in [0.2, 0.25) is 0 Å². The zero-order valence-corrected chi connectivity index (χ0v) is 11.9. The molecular formula is C12H6Cl2FNO3S. The number of thiophene rings is 1. The molecule has 0 bridgehead atoms. The lowest BCUT2D eigenvalue weighted by atomic mass is 10.3. The van der Waals surface area contributed by atoms with Gasteiger partial charge in [-0.25, -0.2) is 9.18 Å². The second-order valence-corrected chi connectivity index (χ2v) is 5.57. The van der Waals surface area contributed by atoms with Crippen LogP contribution in [0.5, 0.6) is 0 Å². The van der Waals surface area contributed by atoms with Gasteiger partial charge in [-0.05, 0) is 24.3 Å². The molecular weight excluding hydrogens is 328 g/mol. The summed E-state index contributed by atoms with van der Waals surface area (Å²) in [5.74, 6) is -2.31. The normalized spacial score (nSPS) is 10.3. The minimum Gasteiger partial charge on any atom is -0.477 e. The predicted molar refractivity (Wildman–Crippen MR) is 75.7 cm³/mol. The lowest BCUT2D eigenvalue weighted by molar-refractivity contribution is 0.0702. The summed E-state index contributed by atoms with van der Waals surface area (Å²) >= 11 is 12.4. The van der Waals surface area contributed by atoms with Crippen molar-refractivity contribution in [3.63, 3.8) is 0 Å². The first-order valence-corrected chi connectivity index (χ1v) is 6.74. The maximum Gasteiger partial charge on any atom is 0.345 e. The number of rotatable bonds is 3. The van der Waals surface area contributed by atoms with Gasteiger partial charge in [-0.15, -0.1) is 11.3 Å². The molecule has 0 aliphatic carbocycles. The molecule has 0 aliphatic rings. The van der Waals surface area contributed by atoms with Crippen LogP contribution >= 0.6 is 34.5 Å². The second-order valence-electron chi connectivity index (χ2n) is 3.67. The van der Waals surface area contributed by atoms with Crippen molar-refractivity contribution in [3.8, 4) is 0 Å². The number of nitrogens with one attached hydrogen (secondary N) is 1. The van der Waals surface area contributed by atoms with E-state index in [-0.39, 0.29) is 25.5 Å². The van der Waals surface area contributed by atoms with Gasteiger partial charge in [-0.2, -0.15) is 0 Å². The molecule has 0 saturated heterocycles. The van der Waals surface area contributed by atoms with Gasteiger partial charge in [-0.3, -0.25) is 4.79 Å². The number of halogens is 3. The van der Waals surface area contributed by atoms with Gasteiger partial charge in [-0.1, -0.05) is 23.2 Å². The Kier molecular flexibility index (Phi) is 4.27. The number of carbonyl (C=O) groups excluding carboxylic acids is 1. The van der Waals surface area contributed by atoms with E-state index in [1.807, 2.05) is 0 Å². The van der Waals surface area contributed by atoms with Crippen LogP contribution < -0.4 is 5.32 Å². The Hall–Kier alpha value is -1.63. The fourth-order valence-electron chi connectivity index (χ4n) is 1.41. The number of carboxylic acids is 1. The Bertz CT molecular complexity index is 679. The second kappa shape index (κ2) is 5.78. The van der Waals surface area contributed by atoms with E-state index in [2.05, 4.69) is 5.32 Å². The summed E-state index contributed by atoms with van der Waals surface area (Å²) in [5.41, 5.74) is 0.0741. The van der Waals surface area contributed by atoms with Gasteiger partial charge in [0.25, 0.3) is 5.91 Å². The van der Waals surface area contributed by atoms with Crippen LogP contribution in [0.4, 0.5) is 10.1 Å². The van der Waals surface area contributed by atoms with Gasteiger partial charge in [0, 0.05) is 0 Å². The highest BCUT2D eigenvalue weighted by Crippen LogP contribution is 2.32. The highest BCUT2D eigenvalue weighted by molar-refractivity contribution is 7.16. The number of anilines is 1. The van der Waals surface area contributed by atoms with E-state index in [0.717, 1.165) is 23.5 Å². The van der Waals surface area contributed by atoms with Crippen molar-refractivity contribution in [2.24, 2.45) is 0 Å². The molecule has 1 aromatic carbocycles. The van der Waals surface area contributed by atoms with E-state index in [0.29, 0.717) is 0 Å². The van der Waals surface area contributed by atoms with Crippen molar-refractivity contribution in [2.75, 3.05) is 5.32 Å². The van der Waals surface area contributed by atoms with Crippen LogP contribution in [0.15, 0.2) is 24.3 Å². The fourth-order valence-corrected chi connectivity index (χ4v) is 2.71. The van der Waals surface area contributed by atoms with Crippen molar-refractivity contribution < 1.29 is 19.1 Å². The van der Waals surface area contributed by atoms with Gasteiger partial charge in [0.1, 0.15) is 10.7 Å². The third-order valence-corrected chi connectivity index (χ3v) is 3.95. The summed E-state index contributed by atoms with van der Waals surface area (Å²) in [7, 11) is 0. The monoisotopic (exact) mass is 333 g/mol. The minimum atomic E-state index is -1.12. The number of amides is 1. The first kappa shape index (κ1) is 14.8. The molecule has 2 rings (SSSR count). The van der Waals surface area contributed by atoms with Crippen molar-refractivity contribution in [1.82, 2.24) is 0 Å². The molecule has 1 aromatic heterocycles. The topological polar surface area (TPSA) is 66.4 Å². The van der Waals surface area contributed by atoms with Gasteiger partial charge in [0.05, 0.1) is 20.6 Å². The zero-order valence-electron chi connectivity index (χ0n) is 9.62. The quantitative estimate of drug-likeness (QED) is 0.886. The molecule has 0 aliphatic heterocycles. The third kappa shape index (κ3) is 3.09. The molecule has 0 spiro atoms. The summed E-state index contributed by atoms with van der Waals surface area (Å²) in [6, 6.07) is 4.71. The maximum atomic E-state index is 13.0. The summed E-state index contributed by atoms with van der Waals surface area (Å²) in [6.07, 6.45) is 0. The summed E-state index contributed by atoms with van der Waals surface area (Å²) < 4.78 is 13.0. The standard InChI is InChI=1S/C12H6Cl2FNO3S/c13-6-3-5(15)4-7(14)10(6)16-11(17)8-1-2-9(20-8)12(18)19/h1-4H,(H,16,17)(H,18,19). The van der Waals surface area contributed by atoms with Crippen LogP contribution in [0, 0.1) is 5.82 Å². The molecule has 2 aromatic rings. The first-order valence-electron chi connectivity index (χ1n) is 5.17. The Morgan fingerprint density at radius 1 is 1.15 bits per heavy atom. The lowest BCUT2D eigenvalue weighted by Crippen LogP contribution is -2.11. The average Bonchev–Trinajstić information content (AvgIpc) is 2.83. The van der Waals surface area contributed by atoms with Gasteiger partial charge in [0.15, 0.2) is 0 Å². The number of aromatic carboxylic acids is 1. The molecule has 0 radical (unpaired) electrons. The summed E-state index contributed by atoms with van der Waals surface area (Å²) in [6.45, 7) is 0. The number of hydrogen-bond donors (Lipinski definition) is 2. The van der Waals surface area contributed by atoms with Crippen molar-refractivity contribution in [2.45, 2.75) is 0 Å². The van der Waals surface area contributed by atoms with Crippen LogP contribution in [-0.4, -0.2) is 17.0 Å². The highest BCUT2D eigenvalue weighted by Gasteiger charge is 2.16. The van der Waals surface area contributed by atoms with E-state index < -0.39 is 17.7 Å². The van der Waals surface area contributed by atoms with E-state index >= 15 is 0 Å². The van der Waals surface area contributed by atoms with E-state index in [1.165, 1.54) is 12.1 Å². The minimum absolute atomic E-state index is 0.0338. The molecule has 1 amide bonds. The molecule has 0 saturated carbocycles. The van der Waals surface area contributed by atoms with Crippen molar-refractivity contribution in [1.29, 1.82) is 0 Å². The Balaban J connectivity index is 2.25. The fraction of sp³-hybridized carbons (Fsp3) is 0. The van der Waals surface area contributed by atoms with Crippen LogP contribution in [0.25, 0.3) is 0 Å². The largest absolute Gasteiger partial charge is 0.477 e. The SMILES string of the molecule is O=C(O)c1ccc(C(=O)Nc2c(Cl)cc(F)cc2Cl)s1. The highest BCUT2D eigenvalue weighted by atomic mass is 35.5. The predicted octanol–water partition coefficient (Wildman–Crippen LogP) is 4.14. The van der Waals surface area contributed by atoms with Gasteiger partial charge < -0.3 is 10.4 Å². The Morgan fingerprint density at radius 3 is 2.20 bits per heavy atom. The van der Waals surface area contributed by atoms with Crippen LogP contribution in [0.2, 0.25) is 10.0 Å². The van der Waals surface area contributed by atoms with Crippen LogP contribution in [0.1, 0.15) is 19.3 Å². The molecule has 0 unspecified atom stereocenters. The van der Waals surface area contributed by atoms with Crippen molar-refractivity contribution >= 4 is 52.1 Å². The molecule has 0 fully saturated rings. The summed E-state index contributed by atoms with van der Waals surface area (Å²) in [4.78, 5) is 22.9. The summed E-state index contributed by atoms with van der Waals surface area (Å²) in [5, 5.41) is 11.1. The van der Waals surface area contributed by atoms with E-state index in [1.54, 1.807) is 0 Å². The average molecular weight is 334 g/mol. The molecule has 2 N–H and O–H groups in total. The molecule has 1 heterocycles. The Labute approximate surface area is 126 Å². The zero-order chi connectivity index (χ0) is 14.9. The van der Waals surface area contributed by atoms with Crippen LogP contribution in [0.3, 0.4) is 0 Å². The smallest absolute Gasteiger partial charge is 0.345 e. The molecule has 4 nitrogen and oxygen atoms in total. The number of benzene rings is 1. The molecule has 0 atom stereocenters. The lowest BCUT2D eigenvalue weighted by Gasteiger charge is -2.08. The van der Waals surface area contributed by atoms with E-state index in [9.17, 15) is 14.0 Å². The van der Waals surface area contributed by atoms with Gasteiger partial charge >= 0.3 is 5.97 Å². The molecule has 20 heavy (non-hydrogen) atoms. The third-order valence-electron chi connectivity index (χ3n) is 2.29.